The molecule has 0 aromatic rings. The zero-order valence-corrected chi connectivity index (χ0v) is 8.81. The van der Waals surface area contributed by atoms with Gasteiger partial charge in [-0.25, -0.2) is 0 Å². The van der Waals surface area contributed by atoms with E-state index in [1.165, 1.54) is 12.8 Å². The third-order valence-corrected chi connectivity index (χ3v) is 3.09. The molecular formula is C11H21NO. The van der Waals surface area contributed by atoms with E-state index in [0.717, 1.165) is 25.7 Å². The van der Waals surface area contributed by atoms with E-state index in [-0.39, 0.29) is 0 Å². The first kappa shape index (κ1) is 10.7. The zero-order chi connectivity index (χ0) is 9.68. The largest absolute Gasteiger partial charge is 0.317 e. The minimum atomic E-state index is 0.379. The Morgan fingerprint density at radius 1 is 1.31 bits per heavy atom. The second-order valence-electron chi connectivity index (χ2n) is 4.05. The lowest BCUT2D eigenvalue weighted by atomic mass is 9.82. The predicted molar refractivity (Wildman–Crippen MR) is 54.7 cm³/mol. The molecule has 0 aliphatic heterocycles. The van der Waals surface area contributed by atoms with Crippen LogP contribution >= 0.6 is 0 Å². The molecule has 2 nitrogen and oxygen atoms in total. The second-order valence-corrected chi connectivity index (χ2v) is 4.05. The van der Waals surface area contributed by atoms with Crippen molar-refractivity contribution in [2.24, 2.45) is 5.92 Å². The number of carbonyl (C=O) groups excluding carboxylic acids is 1. The second kappa shape index (κ2) is 5.38. The van der Waals surface area contributed by atoms with E-state index in [1.54, 1.807) is 0 Å². The van der Waals surface area contributed by atoms with Crippen LogP contribution in [0.15, 0.2) is 0 Å². The minimum Gasteiger partial charge on any atom is -0.317 e. The van der Waals surface area contributed by atoms with E-state index >= 15 is 0 Å². The lowest BCUT2D eigenvalue weighted by molar-refractivity contribution is -0.123. The predicted octanol–water partition coefficient (Wildman–Crippen LogP) is 2.13. The summed E-state index contributed by atoms with van der Waals surface area (Å²) in [5.74, 6) is 0.876. The summed E-state index contributed by atoms with van der Waals surface area (Å²) in [7, 11) is 2.01. The first-order valence-electron chi connectivity index (χ1n) is 5.48. The summed E-state index contributed by atoms with van der Waals surface area (Å²) in [6, 6.07) is 0.658. The summed E-state index contributed by atoms with van der Waals surface area (Å²) >= 11 is 0. The van der Waals surface area contributed by atoms with Crippen molar-refractivity contribution in [2.75, 3.05) is 7.05 Å². The van der Waals surface area contributed by atoms with Crippen LogP contribution in [0, 0.1) is 5.92 Å². The van der Waals surface area contributed by atoms with Gasteiger partial charge in [0.15, 0.2) is 0 Å². The SMILES string of the molecule is CCCC(=O)C1CCC(NC)CC1. The highest BCUT2D eigenvalue weighted by Crippen LogP contribution is 2.25. The fraction of sp³-hybridized carbons (Fsp3) is 0.909. The molecule has 1 aliphatic carbocycles. The third kappa shape index (κ3) is 3.11. The molecule has 0 radical (unpaired) electrons. The molecule has 1 saturated carbocycles. The summed E-state index contributed by atoms with van der Waals surface area (Å²) in [6.07, 6.45) is 6.35. The Balaban J connectivity index is 2.28. The highest BCUT2D eigenvalue weighted by molar-refractivity contribution is 5.80. The van der Waals surface area contributed by atoms with Crippen molar-refractivity contribution < 1.29 is 4.79 Å². The molecule has 2 heteroatoms. The molecule has 0 aromatic heterocycles. The van der Waals surface area contributed by atoms with Gasteiger partial charge in [-0.2, -0.15) is 0 Å². The molecule has 0 spiro atoms. The molecule has 1 fully saturated rings. The number of hydrogen-bond acceptors (Lipinski definition) is 2. The molecule has 13 heavy (non-hydrogen) atoms. The molecule has 0 saturated heterocycles. The van der Waals surface area contributed by atoms with Crippen LogP contribution in [0.1, 0.15) is 45.4 Å². The Labute approximate surface area is 81.1 Å². The molecule has 1 aliphatic rings. The van der Waals surface area contributed by atoms with Crippen LogP contribution in [-0.2, 0) is 4.79 Å². The van der Waals surface area contributed by atoms with Crippen molar-refractivity contribution in [1.82, 2.24) is 5.32 Å². The Hall–Kier alpha value is -0.370. The van der Waals surface area contributed by atoms with Crippen molar-refractivity contribution in [3.05, 3.63) is 0 Å². The number of Topliss-reactive ketones (excluding diaryl/α,β-unsaturated/α-hetero) is 1. The van der Waals surface area contributed by atoms with Crippen LogP contribution in [0.5, 0.6) is 0 Å². The first-order chi connectivity index (χ1) is 6.27. The fourth-order valence-electron chi connectivity index (χ4n) is 2.15. The minimum absolute atomic E-state index is 0.379. The van der Waals surface area contributed by atoms with Crippen molar-refractivity contribution in [1.29, 1.82) is 0 Å². The van der Waals surface area contributed by atoms with Gasteiger partial charge in [0.25, 0.3) is 0 Å². The molecular weight excluding hydrogens is 162 g/mol. The Morgan fingerprint density at radius 2 is 1.92 bits per heavy atom. The molecule has 0 heterocycles. The van der Waals surface area contributed by atoms with Crippen LogP contribution in [0.2, 0.25) is 0 Å². The Kier molecular flexibility index (Phi) is 4.43. The molecule has 0 bridgehead atoms. The average molecular weight is 183 g/mol. The van der Waals surface area contributed by atoms with E-state index in [9.17, 15) is 4.79 Å². The molecule has 0 aromatic carbocycles. The average Bonchev–Trinajstić information content (AvgIpc) is 2.18. The summed E-state index contributed by atoms with van der Waals surface area (Å²) < 4.78 is 0. The van der Waals surface area contributed by atoms with Crippen LogP contribution in [-0.4, -0.2) is 18.9 Å². The maximum atomic E-state index is 11.6. The molecule has 1 N–H and O–H groups in total. The smallest absolute Gasteiger partial charge is 0.135 e. The van der Waals surface area contributed by atoms with Gasteiger partial charge in [0.1, 0.15) is 5.78 Å². The van der Waals surface area contributed by atoms with Gasteiger partial charge < -0.3 is 5.32 Å². The monoisotopic (exact) mass is 183 g/mol. The van der Waals surface area contributed by atoms with Gasteiger partial charge in [-0.3, -0.25) is 4.79 Å². The van der Waals surface area contributed by atoms with Crippen molar-refractivity contribution in [3.8, 4) is 0 Å². The molecule has 76 valence electrons. The topological polar surface area (TPSA) is 29.1 Å². The van der Waals surface area contributed by atoms with Crippen molar-refractivity contribution >= 4 is 5.78 Å². The summed E-state index contributed by atoms with van der Waals surface area (Å²) in [4.78, 5) is 11.6. The van der Waals surface area contributed by atoms with Gasteiger partial charge in [-0.05, 0) is 39.2 Å². The number of nitrogens with one attached hydrogen (secondary N) is 1. The molecule has 0 atom stereocenters. The maximum absolute atomic E-state index is 11.6. The van der Waals surface area contributed by atoms with Gasteiger partial charge in [-0.15, -0.1) is 0 Å². The van der Waals surface area contributed by atoms with Crippen LogP contribution in [0.4, 0.5) is 0 Å². The highest BCUT2D eigenvalue weighted by atomic mass is 16.1. The summed E-state index contributed by atoms with van der Waals surface area (Å²) in [5.41, 5.74) is 0. The molecule has 0 unspecified atom stereocenters. The zero-order valence-electron chi connectivity index (χ0n) is 8.81. The van der Waals surface area contributed by atoms with E-state index < -0.39 is 0 Å². The maximum Gasteiger partial charge on any atom is 0.135 e. The third-order valence-electron chi connectivity index (χ3n) is 3.09. The lowest BCUT2D eigenvalue weighted by Crippen LogP contribution is -2.32. The van der Waals surface area contributed by atoms with Gasteiger partial charge in [-0.1, -0.05) is 6.92 Å². The van der Waals surface area contributed by atoms with Crippen molar-refractivity contribution in [3.63, 3.8) is 0 Å². The van der Waals surface area contributed by atoms with E-state index in [4.69, 9.17) is 0 Å². The Bertz CT molecular complexity index is 159. The van der Waals surface area contributed by atoms with Gasteiger partial charge in [0.05, 0.1) is 0 Å². The van der Waals surface area contributed by atoms with Crippen LogP contribution in [0.25, 0.3) is 0 Å². The van der Waals surface area contributed by atoms with Gasteiger partial charge >= 0.3 is 0 Å². The van der Waals surface area contributed by atoms with E-state index in [0.29, 0.717) is 17.7 Å². The number of rotatable bonds is 4. The number of hydrogen-bond donors (Lipinski definition) is 1. The lowest BCUT2D eigenvalue weighted by Gasteiger charge is -2.27. The quantitative estimate of drug-likeness (QED) is 0.723. The fourth-order valence-corrected chi connectivity index (χ4v) is 2.15. The molecule has 0 amide bonds. The van der Waals surface area contributed by atoms with Gasteiger partial charge in [0, 0.05) is 18.4 Å². The summed E-state index contributed by atoms with van der Waals surface area (Å²) in [5, 5.41) is 3.28. The van der Waals surface area contributed by atoms with E-state index in [1.807, 2.05) is 7.05 Å². The number of ketones is 1. The first-order valence-corrected chi connectivity index (χ1v) is 5.48. The highest BCUT2D eigenvalue weighted by Gasteiger charge is 2.24. The van der Waals surface area contributed by atoms with E-state index in [2.05, 4.69) is 12.2 Å². The summed E-state index contributed by atoms with van der Waals surface area (Å²) in [6.45, 7) is 2.08. The Morgan fingerprint density at radius 3 is 2.38 bits per heavy atom. The van der Waals surface area contributed by atoms with Crippen molar-refractivity contribution in [2.45, 2.75) is 51.5 Å². The van der Waals surface area contributed by atoms with Crippen LogP contribution in [0.3, 0.4) is 0 Å². The van der Waals surface area contributed by atoms with Gasteiger partial charge in [0.2, 0.25) is 0 Å². The normalized spacial score (nSPS) is 28.8. The number of carbonyl (C=O) groups is 1. The van der Waals surface area contributed by atoms with Crippen LogP contribution < -0.4 is 5.32 Å². The molecule has 1 rings (SSSR count). The standard InChI is InChI=1S/C11H21NO/c1-3-4-11(13)9-5-7-10(12-2)8-6-9/h9-10,12H,3-8H2,1-2H3.